The lowest BCUT2D eigenvalue weighted by atomic mass is 9.55. The third-order valence-corrected chi connectivity index (χ3v) is 12.6. The number of nitro benzene ring substituents is 1. The number of rotatable bonds is 21. The third kappa shape index (κ3) is 9.56. The highest BCUT2D eigenvalue weighted by molar-refractivity contribution is 6.03. The molecule has 3 N–H and O–H groups in total. The number of fused-ring (bicyclic) bond motifs is 2. The van der Waals surface area contributed by atoms with Crippen LogP contribution in [0.5, 0.6) is 11.5 Å². The highest BCUT2D eigenvalue weighted by atomic mass is 16.7. The number of phenolic OH excluding ortho intramolecular Hbond substituents is 1. The lowest BCUT2D eigenvalue weighted by Crippen LogP contribution is -2.70. The number of aliphatic hydroxyl groups excluding tert-OH is 2. The van der Waals surface area contributed by atoms with Crippen LogP contribution in [0.1, 0.15) is 114 Å². The van der Waals surface area contributed by atoms with Gasteiger partial charge in [0.15, 0.2) is 0 Å². The van der Waals surface area contributed by atoms with Gasteiger partial charge >= 0.3 is 0 Å². The summed E-state index contributed by atoms with van der Waals surface area (Å²) >= 11 is 0. The first-order valence-electron chi connectivity index (χ1n) is 21.2. The van der Waals surface area contributed by atoms with Crippen molar-refractivity contribution in [2.45, 2.75) is 121 Å². The Morgan fingerprint density at radius 1 is 1.07 bits per heavy atom. The van der Waals surface area contributed by atoms with Crippen LogP contribution in [0.15, 0.2) is 71.9 Å². The Morgan fingerprint density at radius 3 is 2.49 bits per heavy atom. The maximum atomic E-state index is 14.6. The first-order chi connectivity index (χ1) is 27.7. The quantitative estimate of drug-likeness (QED) is 0.0488. The molecular weight excluding hydrogens is 727 g/mol. The van der Waals surface area contributed by atoms with Gasteiger partial charge < -0.3 is 34.5 Å². The van der Waals surface area contributed by atoms with Crippen molar-refractivity contribution in [2.24, 2.45) is 28.8 Å². The third-order valence-electron chi connectivity index (χ3n) is 12.6. The molecule has 2 aromatic carbocycles. The molecule has 0 spiro atoms. The SMILES string of the molecule is C=CCO[C@@]12Oc3ccc(O)cc3[C@H]3[C@H](CCCCO)[C@@H](CCCCO)C=C(C(=NOCc4ccc([N+](=O)[O-])cc4)C[C@@H]1N(CCC)C(=O)CCC1CCCC1)[C@H]32. The number of carbonyl (C=O) groups excluding carboxylic acids is 1. The van der Waals surface area contributed by atoms with E-state index in [-0.39, 0.29) is 61.5 Å². The molecule has 1 amide bonds. The lowest BCUT2D eigenvalue weighted by Gasteiger charge is -2.60. The topological polar surface area (TPSA) is 164 Å². The van der Waals surface area contributed by atoms with Crippen LogP contribution in [0.4, 0.5) is 5.69 Å². The van der Waals surface area contributed by atoms with Gasteiger partial charge in [-0.1, -0.05) is 62.8 Å². The number of nitro groups is 1. The van der Waals surface area contributed by atoms with Gasteiger partial charge in [-0.15, -0.1) is 6.58 Å². The van der Waals surface area contributed by atoms with Crippen LogP contribution in [0.25, 0.3) is 0 Å². The number of unbranched alkanes of at least 4 members (excludes halogenated alkanes) is 2. The largest absolute Gasteiger partial charge is 0.508 e. The molecule has 12 heteroatoms. The van der Waals surface area contributed by atoms with Crippen molar-refractivity contribution in [1.29, 1.82) is 0 Å². The van der Waals surface area contributed by atoms with Crippen molar-refractivity contribution in [2.75, 3.05) is 26.4 Å². The minimum Gasteiger partial charge on any atom is -0.508 e. The summed E-state index contributed by atoms with van der Waals surface area (Å²) < 4.78 is 14.2. The fourth-order valence-corrected chi connectivity index (χ4v) is 10.0. The Bertz CT molecular complexity index is 1740. The zero-order valence-electron chi connectivity index (χ0n) is 33.4. The summed E-state index contributed by atoms with van der Waals surface area (Å²) in [5.74, 6) is -0.558. The van der Waals surface area contributed by atoms with Crippen LogP contribution in [0.3, 0.4) is 0 Å². The molecule has 4 aliphatic rings. The number of aromatic hydroxyl groups is 1. The van der Waals surface area contributed by atoms with Crippen LogP contribution in [0, 0.1) is 33.8 Å². The van der Waals surface area contributed by atoms with E-state index < -0.39 is 22.7 Å². The summed E-state index contributed by atoms with van der Waals surface area (Å²) in [6.07, 6.45) is 15.6. The Hall–Kier alpha value is -4.26. The maximum Gasteiger partial charge on any atom is 0.269 e. The van der Waals surface area contributed by atoms with E-state index in [1.807, 2.05) is 11.0 Å². The number of oxime groups is 1. The second kappa shape index (κ2) is 19.9. The Kier molecular flexibility index (Phi) is 14.8. The van der Waals surface area contributed by atoms with Crippen molar-refractivity contribution in [3.05, 3.63) is 88.0 Å². The number of aliphatic hydroxyl groups is 2. The maximum absolute atomic E-state index is 14.6. The molecule has 2 fully saturated rings. The van der Waals surface area contributed by atoms with Gasteiger partial charge in [-0.2, -0.15) is 0 Å². The monoisotopic (exact) mass is 787 g/mol. The molecular formula is C45H61N3O9. The van der Waals surface area contributed by atoms with Gasteiger partial charge in [0.25, 0.3) is 5.69 Å². The summed E-state index contributed by atoms with van der Waals surface area (Å²) in [5.41, 5.74) is 3.19. The number of non-ortho nitro benzene ring substituents is 1. The minimum atomic E-state index is -1.34. The predicted molar refractivity (Wildman–Crippen MR) is 218 cm³/mol. The smallest absolute Gasteiger partial charge is 0.269 e. The van der Waals surface area contributed by atoms with Gasteiger partial charge in [0.2, 0.25) is 11.7 Å². The molecule has 2 saturated carbocycles. The van der Waals surface area contributed by atoms with Gasteiger partial charge in [0.05, 0.1) is 23.2 Å². The number of amides is 1. The van der Waals surface area contributed by atoms with Crippen LogP contribution in [0.2, 0.25) is 0 Å². The van der Waals surface area contributed by atoms with E-state index in [1.54, 1.807) is 30.3 Å². The summed E-state index contributed by atoms with van der Waals surface area (Å²) in [7, 11) is 0. The molecule has 3 aliphatic carbocycles. The number of allylic oxidation sites excluding steroid dienone is 1. The second-order valence-electron chi connectivity index (χ2n) is 16.3. The molecule has 0 bridgehead atoms. The zero-order chi connectivity index (χ0) is 40.4. The van der Waals surface area contributed by atoms with E-state index in [9.17, 15) is 30.2 Å². The van der Waals surface area contributed by atoms with E-state index in [1.165, 1.54) is 25.0 Å². The Balaban J connectivity index is 1.50. The van der Waals surface area contributed by atoms with Gasteiger partial charge in [0.1, 0.15) is 24.1 Å². The highest BCUT2D eigenvalue weighted by Crippen LogP contribution is 2.62. The number of phenols is 1. The average Bonchev–Trinajstić information content (AvgIpc) is 3.74. The van der Waals surface area contributed by atoms with Crippen molar-refractivity contribution < 1.29 is 39.3 Å². The van der Waals surface area contributed by atoms with Gasteiger partial charge in [0, 0.05) is 56.2 Å². The van der Waals surface area contributed by atoms with Gasteiger partial charge in [-0.05, 0) is 97.7 Å². The predicted octanol–water partition coefficient (Wildman–Crippen LogP) is 8.34. The molecule has 12 nitrogen and oxygen atoms in total. The fourth-order valence-electron chi connectivity index (χ4n) is 10.0. The fraction of sp³-hybridized carbons (Fsp3) is 0.600. The summed E-state index contributed by atoms with van der Waals surface area (Å²) in [4.78, 5) is 33.6. The molecule has 1 aliphatic heterocycles. The number of nitrogens with zero attached hydrogens (tertiary/aromatic N) is 3. The number of carbonyl (C=O) groups is 1. The van der Waals surface area contributed by atoms with E-state index in [0.717, 1.165) is 68.1 Å². The van der Waals surface area contributed by atoms with Crippen LogP contribution in [-0.2, 0) is 21.0 Å². The lowest BCUT2D eigenvalue weighted by molar-refractivity contribution is -0.384. The minimum absolute atomic E-state index is 0.00698. The van der Waals surface area contributed by atoms with Crippen molar-refractivity contribution in [3.63, 3.8) is 0 Å². The molecule has 0 unspecified atom stereocenters. The highest BCUT2D eigenvalue weighted by Gasteiger charge is 2.65. The van der Waals surface area contributed by atoms with Gasteiger partial charge in [-0.25, -0.2) is 0 Å². The Morgan fingerprint density at radius 2 is 1.81 bits per heavy atom. The molecule has 2 aromatic rings. The molecule has 0 radical (unpaired) electrons. The summed E-state index contributed by atoms with van der Waals surface area (Å²) in [5, 5.41) is 46.7. The molecule has 0 saturated heterocycles. The van der Waals surface area contributed by atoms with Crippen LogP contribution in [-0.4, -0.2) is 75.0 Å². The molecule has 0 aromatic heterocycles. The van der Waals surface area contributed by atoms with Crippen molar-refractivity contribution >= 4 is 17.3 Å². The number of hydrogen-bond acceptors (Lipinski definition) is 10. The van der Waals surface area contributed by atoms with Crippen LogP contribution >= 0.6 is 0 Å². The van der Waals surface area contributed by atoms with Crippen molar-refractivity contribution in [1.82, 2.24) is 4.90 Å². The van der Waals surface area contributed by atoms with E-state index in [2.05, 4.69) is 19.6 Å². The number of benzene rings is 2. The standard InChI is InChI=1S/C45H61N3O9/c1-3-23-47(42(52)22-17-31-11-5-6-12-31)41-29-39(46-56-30-32-15-18-34(19-16-32)48(53)54)37-27-33(13-7-9-24-49)36(14-8-10-25-50)43-38-28-35(51)20-21-40(38)57-45(41,44(37)43)55-26-4-2/h4,15-16,18-21,27-28,31,33,36,41,43-44,49-51H,2-3,5-14,17,22-26,29-30H2,1H3/t33-,36+,41-,43+,44+,45+/m0/s1. The summed E-state index contributed by atoms with van der Waals surface area (Å²) in [6.45, 7) is 7.02. The molecule has 6 rings (SSSR count). The van der Waals surface area contributed by atoms with E-state index >= 15 is 0 Å². The van der Waals surface area contributed by atoms with E-state index in [0.29, 0.717) is 49.6 Å². The Labute approximate surface area is 336 Å². The van der Waals surface area contributed by atoms with Crippen LogP contribution < -0.4 is 4.74 Å². The number of ether oxygens (including phenoxy) is 2. The van der Waals surface area contributed by atoms with E-state index in [4.69, 9.17) is 19.5 Å². The molecule has 310 valence electrons. The first kappa shape index (κ1) is 42.3. The van der Waals surface area contributed by atoms with Crippen molar-refractivity contribution in [3.8, 4) is 11.5 Å². The first-order valence-corrected chi connectivity index (χ1v) is 21.2. The normalized spacial score (nSPS) is 25.9. The molecule has 6 atom stereocenters. The molecule has 1 heterocycles. The number of hydrogen-bond donors (Lipinski definition) is 3. The second-order valence-corrected chi connectivity index (χ2v) is 16.3. The zero-order valence-corrected chi connectivity index (χ0v) is 33.4. The average molecular weight is 788 g/mol. The molecule has 57 heavy (non-hydrogen) atoms. The van der Waals surface area contributed by atoms with Gasteiger partial charge in [-0.3, -0.25) is 14.9 Å². The summed E-state index contributed by atoms with van der Waals surface area (Å²) in [6, 6.07) is 10.9.